The summed E-state index contributed by atoms with van der Waals surface area (Å²) < 4.78 is 16.2. The lowest BCUT2D eigenvalue weighted by atomic mass is 9.88. The van der Waals surface area contributed by atoms with Gasteiger partial charge in [0.25, 0.3) is 0 Å². The van der Waals surface area contributed by atoms with Gasteiger partial charge < -0.3 is 25.3 Å². The van der Waals surface area contributed by atoms with Crippen LogP contribution in [-0.4, -0.2) is 27.9 Å². The summed E-state index contributed by atoms with van der Waals surface area (Å²) in [5.41, 5.74) is 10.4. The Bertz CT molecular complexity index is 716. The third kappa shape index (κ3) is 2.80. The van der Waals surface area contributed by atoms with Gasteiger partial charge in [0, 0.05) is 17.8 Å². The van der Waals surface area contributed by atoms with Crippen molar-refractivity contribution in [3.05, 3.63) is 47.0 Å². The Morgan fingerprint density at radius 1 is 0.957 bits per heavy atom. The molecule has 0 aliphatic carbocycles. The minimum absolute atomic E-state index is 0.00801. The van der Waals surface area contributed by atoms with Crippen molar-refractivity contribution in [2.24, 2.45) is 0 Å². The molecule has 0 aromatic heterocycles. The van der Waals surface area contributed by atoms with Gasteiger partial charge in [-0.05, 0) is 47.9 Å². The van der Waals surface area contributed by atoms with E-state index in [0.717, 1.165) is 47.0 Å². The Balaban J connectivity index is 2.11. The molecule has 2 aromatic carbocycles. The molecule has 0 spiro atoms. The molecule has 23 heavy (non-hydrogen) atoms. The van der Waals surface area contributed by atoms with Crippen molar-refractivity contribution in [1.82, 2.24) is 5.32 Å². The van der Waals surface area contributed by atoms with Crippen molar-refractivity contribution in [3.8, 4) is 17.2 Å². The average Bonchev–Trinajstić information content (AvgIpc) is 2.60. The predicted octanol–water partition coefficient (Wildman–Crippen LogP) is 2.53. The molecule has 1 atom stereocenters. The van der Waals surface area contributed by atoms with Gasteiger partial charge in [-0.1, -0.05) is 0 Å². The fourth-order valence-electron chi connectivity index (χ4n) is 3.09. The van der Waals surface area contributed by atoms with Crippen LogP contribution in [0.3, 0.4) is 0 Å². The number of rotatable bonds is 4. The maximum Gasteiger partial charge on any atom is 0.161 e. The van der Waals surface area contributed by atoms with Crippen LogP contribution in [0.5, 0.6) is 17.2 Å². The van der Waals surface area contributed by atoms with Crippen LogP contribution in [-0.2, 0) is 6.42 Å². The summed E-state index contributed by atoms with van der Waals surface area (Å²) in [5, 5.41) is 3.54. The summed E-state index contributed by atoms with van der Waals surface area (Å²) in [7, 11) is 4.96. The first kappa shape index (κ1) is 15.5. The molecule has 3 rings (SSSR count). The largest absolute Gasteiger partial charge is 0.497 e. The van der Waals surface area contributed by atoms with Crippen molar-refractivity contribution < 1.29 is 14.2 Å². The van der Waals surface area contributed by atoms with Crippen molar-refractivity contribution in [2.45, 2.75) is 12.5 Å². The van der Waals surface area contributed by atoms with Crippen molar-refractivity contribution >= 4 is 5.69 Å². The first-order chi connectivity index (χ1) is 11.2. The average molecular weight is 314 g/mol. The quantitative estimate of drug-likeness (QED) is 0.849. The normalized spacial score (nSPS) is 16.6. The molecule has 1 aliphatic heterocycles. The zero-order chi connectivity index (χ0) is 16.4. The lowest BCUT2D eigenvalue weighted by Crippen LogP contribution is -2.31. The van der Waals surface area contributed by atoms with E-state index in [2.05, 4.69) is 11.4 Å². The SMILES string of the molecule is COc1ccc(N)c([C@H]2NCCc3cc(OC)c(OC)cc32)c1. The van der Waals surface area contributed by atoms with Gasteiger partial charge in [-0.15, -0.1) is 0 Å². The highest BCUT2D eigenvalue weighted by atomic mass is 16.5. The molecule has 3 N–H and O–H groups in total. The number of nitrogens with two attached hydrogens (primary N) is 1. The van der Waals surface area contributed by atoms with Crippen molar-refractivity contribution in [2.75, 3.05) is 33.6 Å². The highest BCUT2D eigenvalue weighted by Gasteiger charge is 2.25. The highest BCUT2D eigenvalue weighted by molar-refractivity contribution is 5.58. The van der Waals surface area contributed by atoms with E-state index in [-0.39, 0.29) is 6.04 Å². The molecule has 5 heteroatoms. The Labute approximate surface area is 136 Å². The zero-order valence-electron chi connectivity index (χ0n) is 13.7. The number of nitrogen functional groups attached to an aromatic ring is 1. The van der Waals surface area contributed by atoms with Crippen LogP contribution in [0.15, 0.2) is 30.3 Å². The molecule has 2 aromatic rings. The summed E-state index contributed by atoms with van der Waals surface area (Å²) in [4.78, 5) is 0. The number of nitrogens with one attached hydrogen (secondary N) is 1. The second-order valence-electron chi connectivity index (χ2n) is 5.54. The molecule has 1 aliphatic rings. The molecule has 0 saturated heterocycles. The molecule has 0 amide bonds. The van der Waals surface area contributed by atoms with Gasteiger partial charge in [0.2, 0.25) is 0 Å². The highest BCUT2D eigenvalue weighted by Crippen LogP contribution is 2.39. The molecule has 0 saturated carbocycles. The van der Waals surface area contributed by atoms with Crippen LogP contribution >= 0.6 is 0 Å². The maximum atomic E-state index is 6.21. The van der Waals surface area contributed by atoms with E-state index in [1.54, 1.807) is 21.3 Å². The first-order valence-corrected chi connectivity index (χ1v) is 7.59. The van der Waals surface area contributed by atoms with E-state index in [4.69, 9.17) is 19.9 Å². The molecule has 122 valence electrons. The summed E-state index contributed by atoms with van der Waals surface area (Å²) in [6, 6.07) is 9.83. The number of ether oxygens (including phenoxy) is 3. The van der Waals surface area contributed by atoms with Crippen LogP contribution in [0, 0.1) is 0 Å². The topological polar surface area (TPSA) is 65.7 Å². The van der Waals surface area contributed by atoms with E-state index in [0.29, 0.717) is 0 Å². The standard InChI is InChI=1S/C18H22N2O3/c1-21-12-4-5-15(19)14(9-12)18-13-10-17(23-3)16(22-2)8-11(13)6-7-20-18/h4-5,8-10,18,20H,6-7,19H2,1-3H3/t18-/m0/s1. The van der Waals surface area contributed by atoms with Crippen LogP contribution in [0.25, 0.3) is 0 Å². The first-order valence-electron chi connectivity index (χ1n) is 7.59. The molecule has 5 nitrogen and oxygen atoms in total. The lowest BCUT2D eigenvalue weighted by Gasteiger charge is -2.29. The number of hydrogen-bond donors (Lipinski definition) is 2. The summed E-state index contributed by atoms with van der Waals surface area (Å²) in [6.07, 6.45) is 0.941. The van der Waals surface area contributed by atoms with Crippen LogP contribution < -0.4 is 25.3 Å². The van der Waals surface area contributed by atoms with Gasteiger partial charge in [0.1, 0.15) is 5.75 Å². The van der Waals surface area contributed by atoms with E-state index in [9.17, 15) is 0 Å². The van der Waals surface area contributed by atoms with Gasteiger partial charge in [-0.3, -0.25) is 0 Å². The number of benzene rings is 2. The minimum Gasteiger partial charge on any atom is -0.497 e. The summed E-state index contributed by atoms with van der Waals surface area (Å²) >= 11 is 0. The Kier molecular flexibility index (Phi) is 4.30. The van der Waals surface area contributed by atoms with E-state index < -0.39 is 0 Å². The second kappa shape index (κ2) is 6.38. The molecule has 1 heterocycles. The predicted molar refractivity (Wildman–Crippen MR) is 90.5 cm³/mol. The van der Waals surface area contributed by atoms with Crippen LogP contribution in [0.1, 0.15) is 22.7 Å². The zero-order valence-corrected chi connectivity index (χ0v) is 13.7. The third-order valence-corrected chi connectivity index (χ3v) is 4.30. The molecule has 0 radical (unpaired) electrons. The molecule has 0 unspecified atom stereocenters. The lowest BCUT2D eigenvalue weighted by molar-refractivity contribution is 0.353. The molecule has 0 bridgehead atoms. The van der Waals surface area contributed by atoms with E-state index >= 15 is 0 Å². The van der Waals surface area contributed by atoms with E-state index in [1.807, 2.05) is 24.3 Å². The van der Waals surface area contributed by atoms with Gasteiger partial charge >= 0.3 is 0 Å². The van der Waals surface area contributed by atoms with Gasteiger partial charge in [-0.25, -0.2) is 0 Å². The molecular formula is C18H22N2O3. The van der Waals surface area contributed by atoms with Crippen molar-refractivity contribution in [1.29, 1.82) is 0 Å². The number of hydrogen-bond acceptors (Lipinski definition) is 5. The Hall–Kier alpha value is -2.40. The minimum atomic E-state index is 0.00801. The van der Waals surface area contributed by atoms with Crippen LogP contribution in [0.4, 0.5) is 5.69 Å². The van der Waals surface area contributed by atoms with Crippen LogP contribution in [0.2, 0.25) is 0 Å². The van der Waals surface area contributed by atoms with Gasteiger partial charge in [0.05, 0.1) is 27.4 Å². The Morgan fingerprint density at radius 3 is 2.39 bits per heavy atom. The second-order valence-corrected chi connectivity index (χ2v) is 5.54. The fraction of sp³-hybridized carbons (Fsp3) is 0.333. The number of methoxy groups -OCH3 is 3. The summed E-state index contributed by atoms with van der Waals surface area (Å²) in [5.74, 6) is 2.27. The summed E-state index contributed by atoms with van der Waals surface area (Å²) in [6.45, 7) is 0.879. The smallest absolute Gasteiger partial charge is 0.161 e. The molecular weight excluding hydrogens is 292 g/mol. The number of anilines is 1. The van der Waals surface area contributed by atoms with Crippen molar-refractivity contribution in [3.63, 3.8) is 0 Å². The number of fused-ring (bicyclic) bond motifs is 1. The maximum absolute atomic E-state index is 6.21. The Morgan fingerprint density at radius 2 is 1.70 bits per heavy atom. The van der Waals surface area contributed by atoms with E-state index in [1.165, 1.54) is 5.56 Å². The molecule has 0 fully saturated rings. The fourth-order valence-corrected chi connectivity index (χ4v) is 3.09. The monoisotopic (exact) mass is 314 g/mol. The van der Waals surface area contributed by atoms with Gasteiger partial charge in [-0.2, -0.15) is 0 Å². The third-order valence-electron chi connectivity index (χ3n) is 4.30. The van der Waals surface area contributed by atoms with Gasteiger partial charge in [0.15, 0.2) is 11.5 Å².